The van der Waals surface area contributed by atoms with E-state index in [0.717, 1.165) is 37.8 Å². The number of piperazine rings is 1. The molecule has 11 heteroatoms. The Kier molecular flexibility index (Phi) is 10.0. The number of hydrogen-bond acceptors (Lipinski definition) is 8. The van der Waals surface area contributed by atoms with Crippen LogP contribution in [0.4, 0.5) is 16.0 Å². The largest absolute Gasteiger partial charge is 0.351 e. The molecule has 212 valence electrons. The van der Waals surface area contributed by atoms with Gasteiger partial charge >= 0.3 is 0 Å². The quantitative estimate of drug-likeness (QED) is 0.312. The van der Waals surface area contributed by atoms with Gasteiger partial charge in [-0.2, -0.15) is 4.39 Å². The fraction of sp³-hybridized carbons (Fsp3) is 0.571. The molecule has 2 aromatic rings. The second-order valence-electron chi connectivity index (χ2n) is 10.7. The van der Waals surface area contributed by atoms with Gasteiger partial charge in [0.15, 0.2) is 11.6 Å². The smallest absolute Gasteiger partial charge is 0.243 e. The van der Waals surface area contributed by atoms with E-state index in [2.05, 4.69) is 32.6 Å². The van der Waals surface area contributed by atoms with Crippen molar-refractivity contribution in [2.24, 2.45) is 11.8 Å². The SMILES string of the molecule is Cc1nc(NNC(=O)[C@@H](CC2CCCC2)CN(C=O)OCc2ccccc2)c(F)c(N2CCN(C)[C@H](C)C2)n1. The van der Waals surface area contributed by atoms with Crippen molar-refractivity contribution in [3.05, 3.63) is 47.5 Å². The molecule has 1 saturated carbocycles. The first-order chi connectivity index (χ1) is 18.8. The Morgan fingerprint density at radius 2 is 1.97 bits per heavy atom. The van der Waals surface area contributed by atoms with Crippen molar-refractivity contribution >= 4 is 24.0 Å². The lowest BCUT2D eigenvalue weighted by Crippen LogP contribution is -2.50. The number of benzene rings is 1. The van der Waals surface area contributed by atoms with Gasteiger partial charge in [-0.15, -0.1) is 0 Å². The summed E-state index contributed by atoms with van der Waals surface area (Å²) in [6, 6.07) is 9.78. The van der Waals surface area contributed by atoms with E-state index in [-0.39, 0.29) is 36.7 Å². The number of amides is 2. The van der Waals surface area contributed by atoms with Crippen LogP contribution in [0.3, 0.4) is 0 Å². The molecule has 2 fully saturated rings. The molecule has 4 rings (SSSR count). The fourth-order valence-electron chi connectivity index (χ4n) is 5.29. The molecular weight excluding hydrogens is 501 g/mol. The summed E-state index contributed by atoms with van der Waals surface area (Å²) in [5.74, 6) is -0.544. The maximum atomic E-state index is 15.5. The Bertz CT molecular complexity index is 1100. The van der Waals surface area contributed by atoms with Crippen LogP contribution in [0, 0.1) is 24.6 Å². The van der Waals surface area contributed by atoms with Crippen molar-refractivity contribution in [2.45, 2.75) is 58.6 Å². The van der Waals surface area contributed by atoms with Crippen molar-refractivity contribution in [1.29, 1.82) is 0 Å². The maximum Gasteiger partial charge on any atom is 0.243 e. The van der Waals surface area contributed by atoms with Crippen LogP contribution < -0.4 is 15.8 Å². The van der Waals surface area contributed by atoms with E-state index in [1.54, 1.807) is 6.92 Å². The van der Waals surface area contributed by atoms with Gasteiger partial charge in [0.2, 0.25) is 18.1 Å². The van der Waals surface area contributed by atoms with E-state index in [9.17, 15) is 9.59 Å². The molecule has 1 aliphatic carbocycles. The van der Waals surface area contributed by atoms with E-state index < -0.39 is 11.7 Å². The monoisotopic (exact) mass is 541 g/mol. The van der Waals surface area contributed by atoms with Gasteiger partial charge < -0.3 is 9.80 Å². The van der Waals surface area contributed by atoms with Gasteiger partial charge in [0, 0.05) is 25.7 Å². The zero-order valence-electron chi connectivity index (χ0n) is 23.1. The number of nitrogens with zero attached hydrogens (tertiary/aromatic N) is 5. The first-order valence-electron chi connectivity index (χ1n) is 13.8. The van der Waals surface area contributed by atoms with Gasteiger partial charge in [-0.05, 0) is 38.8 Å². The van der Waals surface area contributed by atoms with Gasteiger partial charge in [-0.3, -0.25) is 25.3 Å². The Hall–Kier alpha value is -3.31. The number of carbonyl (C=O) groups is 2. The summed E-state index contributed by atoms with van der Waals surface area (Å²) in [5, 5.41) is 1.17. The second-order valence-corrected chi connectivity index (χ2v) is 10.7. The van der Waals surface area contributed by atoms with E-state index in [1.165, 1.54) is 5.06 Å². The maximum absolute atomic E-state index is 15.5. The van der Waals surface area contributed by atoms with Gasteiger partial charge in [-0.25, -0.2) is 15.0 Å². The molecule has 2 heterocycles. The third-order valence-electron chi connectivity index (χ3n) is 7.73. The van der Waals surface area contributed by atoms with E-state index in [0.29, 0.717) is 37.7 Å². The van der Waals surface area contributed by atoms with E-state index in [1.807, 2.05) is 42.3 Å². The molecule has 0 spiro atoms. The predicted octanol–water partition coefficient (Wildman–Crippen LogP) is 3.29. The molecular formula is C28H40FN7O3. The van der Waals surface area contributed by atoms with Gasteiger partial charge in [0.1, 0.15) is 12.4 Å². The number of anilines is 2. The van der Waals surface area contributed by atoms with Crippen LogP contribution >= 0.6 is 0 Å². The van der Waals surface area contributed by atoms with Crippen molar-refractivity contribution in [3.63, 3.8) is 0 Å². The summed E-state index contributed by atoms with van der Waals surface area (Å²) in [7, 11) is 2.05. The lowest BCUT2D eigenvalue weighted by molar-refractivity contribution is -0.182. The second kappa shape index (κ2) is 13.7. The topological polar surface area (TPSA) is 103 Å². The van der Waals surface area contributed by atoms with E-state index in [4.69, 9.17) is 4.84 Å². The zero-order chi connectivity index (χ0) is 27.8. The molecule has 2 atom stereocenters. The standard InChI is InChI=1S/C28H40FN7O3/c1-20-16-35(14-13-34(20)3)27-25(29)26(30-21(2)31-27)32-33-28(38)24(15-22-9-7-8-10-22)17-36(19-37)39-18-23-11-5-4-6-12-23/h4-6,11-12,19-20,22,24H,7-10,13-18H2,1-3H3,(H,33,38)(H,30,31,32)/t20-,24+/m1/s1. The van der Waals surface area contributed by atoms with Crippen LogP contribution in [-0.2, 0) is 21.0 Å². The van der Waals surface area contributed by atoms with Crippen molar-refractivity contribution < 1.29 is 18.8 Å². The van der Waals surface area contributed by atoms with Gasteiger partial charge in [0.25, 0.3) is 0 Å². The van der Waals surface area contributed by atoms with Crippen LogP contribution in [0.25, 0.3) is 0 Å². The summed E-state index contributed by atoms with van der Waals surface area (Å²) in [6.45, 7) is 6.19. The van der Waals surface area contributed by atoms with Gasteiger partial charge in [0.05, 0.1) is 12.5 Å². The number of hydrogen-bond donors (Lipinski definition) is 2. The number of aromatic nitrogens is 2. The van der Waals surface area contributed by atoms with Crippen LogP contribution in [0.1, 0.15) is 50.4 Å². The molecule has 2 aliphatic rings. The average molecular weight is 542 g/mol. The van der Waals surface area contributed by atoms with Crippen LogP contribution in [0.5, 0.6) is 0 Å². The summed E-state index contributed by atoms with van der Waals surface area (Å²) < 4.78 is 15.5. The molecule has 1 aliphatic heterocycles. The number of hydrazine groups is 1. The summed E-state index contributed by atoms with van der Waals surface area (Å²) in [5.41, 5.74) is 6.26. The highest BCUT2D eigenvalue weighted by molar-refractivity contribution is 5.80. The lowest BCUT2D eigenvalue weighted by Gasteiger charge is -2.38. The number of rotatable bonds is 12. The fourth-order valence-corrected chi connectivity index (χ4v) is 5.29. The summed E-state index contributed by atoms with van der Waals surface area (Å²) >= 11 is 0. The van der Waals surface area contributed by atoms with Crippen LogP contribution in [-0.4, -0.2) is 71.5 Å². The zero-order valence-corrected chi connectivity index (χ0v) is 23.1. The minimum atomic E-state index is -0.606. The number of carbonyl (C=O) groups excluding carboxylic acids is 2. The molecule has 1 aromatic heterocycles. The molecule has 2 amide bonds. The normalized spacial score (nSPS) is 19.1. The van der Waals surface area contributed by atoms with Crippen molar-refractivity contribution in [3.8, 4) is 0 Å². The highest BCUT2D eigenvalue weighted by Gasteiger charge is 2.29. The molecule has 2 N–H and O–H groups in total. The number of hydroxylamine groups is 2. The van der Waals surface area contributed by atoms with Crippen molar-refractivity contribution in [1.82, 2.24) is 25.4 Å². The Labute approximate surface area is 229 Å². The highest BCUT2D eigenvalue weighted by atomic mass is 19.1. The number of nitrogens with one attached hydrogen (secondary N) is 2. The molecule has 0 radical (unpaired) electrons. The number of aryl methyl sites for hydroxylation is 1. The minimum absolute atomic E-state index is 0.0791. The number of likely N-dealkylation sites (N-methyl/N-ethyl adjacent to an activating group) is 1. The first kappa shape index (κ1) is 28.7. The molecule has 1 saturated heterocycles. The predicted molar refractivity (Wildman–Crippen MR) is 147 cm³/mol. The third kappa shape index (κ3) is 7.86. The van der Waals surface area contributed by atoms with Crippen LogP contribution in [0.2, 0.25) is 0 Å². The molecule has 10 nitrogen and oxygen atoms in total. The van der Waals surface area contributed by atoms with Crippen molar-refractivity contribution in [2.75, 3.05) is 43.6 Å². The minimum Gasteiger partial charge on any atom is -0.351 e. The van der Waals surface area contributed by atoms with E-state index >= 15 is 4.39 Å². The molecule has 0 unspecified atom stereocenters. The Morgan fingerprint density at radius 1 is 1.23 bits per heavy atom. The Morgan fingerprint density at radius 3 is 2.67 bits per heavy atom. The molecule has 0 bridgehead atoms. The average Bonchev–Trinajstić information content (AvgIpc) is 3.46. The first-order valence-corrected chi connectivity index (χ1v) is 13.8. The highest BCUT2D eigenvalue weighted by Crippen LogP contribution is 2.31. The summed E-state index contributed by atoms with van der Waals surface area (Å²) in [6.07, 6.45) is 5.59. The lowest BCUT2D eigenvalue weighted by atomic mass is 9.92. The molecule has 1 aromatic carbocycles. The third-order valence-corrected chi connectivity index (χ3v) is 7.73. The number of halogens is 1. The summed E-state index contributed by atoms with van der Waals surface area (Å²) in [4.78, 5) is 43.5. The van der Waals surface area contributed by atoms with Gasteiger partial charge in [-0.1, -0.05) is 56.0 Å². The van der Waals surface area contributed by atoms with Crippen LogP contribution in [0.15, 0.2) is 30.3 Å². The Balaban J connectivity index is 1.42. The molecule has 39 heavy (non-hydrogen) atoms.